The number of furan rings is 1. The standard InChI is InChI=1S/C19H15Cl4NO/c20-13-2-1-12(17(22)9-13)7-8-24-11-15-4-6-19(25-15)16-5-3-14(21)10-18(16)23/h1-6,9-10,24H,7-8,11H2. The van der Waals surface area contributed by atoms with Crippen LogP contribution in [0.2, 0.25) is 20.1 Å². The fraction of sp³-hybridized carbons (Fsp3) is 0.158. The third-order valence-electron chi connectivity index (χ3n) is 3.74. The molecule has 0 aliphatic carbocycles. The highest BCUT2D eigenvalue weighted by Gasteiger charge is 2.09. The lowest BCUT2D eigenvalue weighted by Crippen LogP contribution is -2.16. The van der Waals surface area contributed by atoms with Crippen LogP contribution in [0.25, 0.3) is 11.3 Å². The Kier molecular flexibility index (Phi) is 6.32. The SMILES string of the molecule is Clc1ccc(CCNCc2ccc(-c3ccc(Cl)cc3Cl)o2)c(Cl)c1. The van der Waals surface area contributed by atoms with Crippen molar-refractivity contribution in [2.24, 2.45) is 0 Å². The molecule has 25 heavy (non-hydrogen) atoms. The summed E-state index contributed by atoms with van der Waals surface area (Å²) in [6.45, 7) is 1.40. The van der Waals surface area contributed by atoms with Gasteiger partial charge in [-0.25, -0.2) is 0 Å². The summed E-state index contributed by atoms with van der Waals surface area (Å²) in [4.78, 5) is 0. The number of hydrogen-bond donors (Lipinski definition) is 1. The van der Waals surface area contributed by atoms with Gasteiger partial charge in [0.15, 0.2) is 0 Å². The van der Waals surface area contributed by atoms with Gasteiger partial charge in [-0.3, -0.25) is 0 Å². The van der Waals surface area contributed by atoms with Crippen LogP contribution in [0.15, 0.2) is 52.9 Å². The summed E-state index contributed by atoms with van der Waals surface area (Å²) >= 11 is 24.2. The molecule has 1 N–H and O–H groups in total. The van der Waals surface area contributed by atoms with Gasteiger partial charge in [0.2, 0.25) is 0 Å². The Hall–Kier alpha value is -1.16. The van der Waals surface area contributed by atoms with E-state index >= 15 is 0 Å². The first-order valence-corrected chi connectivity index (χ1v) is 9.23. The Morgan fingerprint density at radius 2 is 1.52 bits per heavy atom. The third-order valence-corrected chi connectivity index (χ3v) is 4.88. The Morgan fingerprint density at radius 1 is 0.800 bits per heavy atom. The third kappa shape index (κ3) is 4.93. The minimum atomic E-state index is 0.568. The molecule has 3 aromatic rings. The summed E-state index contributed by atoms with van der Waals surface area (Å²) in [5.41, 5.74) is 1.89. The van der Waals surface area contributed by atoms with Crippen LogP contribution in [0, 0.1) is 0 Å². The van der Waals surface area contributed by atoms with E-state index in [4.69, 9.17) is 50.8 Å². The molecule has 0 aliphatic heterocycles. The van der Waals surface area contributed by atoms with Crippen LogP contribution < -0.4 is 5.32 Å². The summed E-state index contributed by atoms with van der Waals surface area (Å²) in [5, 5.41) is 5.84. The van der Waals surface area contributed by atoms with E-state index in [1.54, 1.807) is 18.2 Å². The van der Waals surface area contributed by atoms with Crippen molar-refractivity contribution in [1.82, 2.24) is 5.32 Å². The highest BCUT2D eigenvalue weighted by molar-refractivity contribution is 6.36. The van der Waals surface area contributed by atoms with Gasteiger partial charge in [0.25, 0.3) is 0 Å². The van der Waals surface area contributed by atoms with E-state index in [9.17, 15) is 0 Å². The molecule has 0 saturated heterocycles. The Balaban J connectivity index is 1.55. The van der Waals surface area contributed by atoms with Gasteiger partial charge < -0.3 is 9.73 Å². The zero-order valence-electron chi connectivity index (χ0n) is 13.2. The van der Waals surface area contributed by atoms with Crippen LogP contribution in [0.4, 0.5) is 0 Å². The van der Waals surface area contributed by atoms with E-state index in [-0.39, 0.29) is 0 Å². The second-order valence-electron chi connectivity index (χ2n) is 5.55. The summed E-state index contributed by atoms with van der Waals surface area (Å²) in [7, 11) is 0. The quantitative estimate of drug-likeness (QED) is 0.444. The second kappa shape index (κ2) is 8.48. The second-order valence-corrected chi connectivity index (χ2v) is 7.24. The predicted octanol–water partition coefficient (Wildman–Crippen LogP) is 6.89. The lowest BCUT2D eigenvalue weighted by atomic mass is 10.1. The molecule has 1 heterocycles. The highest BCUT2D eigenvalue weighted by atomic mass is 35.5. The minimum Gasteiger partial charge on any atom is -0.460 e. The zero-order chi connectivity index (χ0) is 17.8. The molecule has 2 nitrogen and oxygen atoms in total. The van der Waals surface area contributed by atoms with Crippen molar-refractivity contribution in [3.63, 3.8) is 0 Å². The lowest BCUT2D eigenvalue weighted by molar-refractivity contribution is 0.495. The molecular weight excluding hydrogens is 400 g/mol. The van der Waals surface area contributed by atoms with Crippen LogP contribution in [-0.2, 0) is 13.0 Å². The van der Waals surface area contributed by atoms with E-state index in [0.717, 1.165) is 35.6 Å². The molecule has 0 spiro atoms. The minimum absolute atomic E-state index is 0.568. The summed E-state index contributed by atoms with van der Waals surface area (Å²) in [5.74, 6) is 1.56. The molecule has 0 unspecified atom stereocenters. The first-order valence-electron chi connectivity index (χ1n) is 7.72. The van der Waals surface area contributed by atoms with Crippen molar-refractivity contribution in [2.45, 2.75) is 13.0 Å². The maximum absolute atomic E-state index is 6.21. The average molecular weight is 415 g/mol. The van der Waals surface area contributed by atoms with Gasteiger partial charge >= 0.3 is 0 Å². The van der Waals surface area contributed by atoms with Gasteiger partial charge in [-0.05, 0) is 61.0 Å². The van der Waals surface area contributed by atoms with Crippen molar-refractivity contribution in [1.29, 1.82) is 0 Å². The van der Waals surface area contributed by atoms with Crippen molar-refractivity contribution < 1.29 is 4.42 Å². The number of rotatable bonds is 6. The summed E-state index contributed by atoms with van der Waals surface area (Å²) in [6.07, 6.45) is 0.812. The van der Waals surface area contributed by atoms with Crippen molar-refractivity contribution in [2.75, 3.05) is 6.54 Å². The van der Waals surface area contributed by atoms with Crippen LogP contribution in [-0.4, -0.2) is 6.54 Å². The van der Waals surface area contributed by atoms with Crippen LogP contribution in [0.5, 0.6) is 0 Å². The molecule has 0 aliphatic rings. The predicted molar refractivity (Wildman–Crippen MR) is 106 cm³/mol. The molecule has 0 fully saturated rings. The van der Waals surface area contributed by atoms with Crippen molar-refractivity contribution in [3.8, 4) is 11.3 Å². The lowest BCUT2D eigenvalue weighted by Gasteiger charge is -2.06. The molecule has 0 atom stereocenters. The Bertz CT molecular complexity index is 876. The smallest absolute Gasteiger partial charge is 0.135 e. The summed E-state index contributed by atoms with van der Waals surface area (Å²) < 4.78 is 5.85. The van der Waals surface area contributed by atoms with Crippen molar-refractivity contribution >= 4 is 46.4 Å². The highest BCUT2D eigenvalue weighted by Crippen LogP contribution is 2.31. The van der Waals surface area contributed by atoms with Gasteiger partial charge in [-0.2, -0.15) is 0 Å². The van der Waals surface area contributed by atoms with Gasteiger partial charge in [0.1, 0.15) is 11.5 Å². The molecule has 6 heteroatoms. The zero-order valence-corrected chi connectivity index (χ0v) is 16.2. The molecule has 2 aromatic carbocycles. The molecule has 0 radical (unpaired) electrons. The fourth-order valence-electron chi connectivity index (χ4n) is 2.47. The van der Waals surface area contributed by atoms with Crippen LogP contribution in [0.1, 0.15) is 11.3 Å². The van der Waals surface area contributed by atoms with E-state index in [1.807, 2.05) is 30.3 Å². The molecule has 0 bridgehead atoms. The number of nitrogens with one attached hydrogen (secondary N) is 1. The molecule has 0 saturated carbocycles. The first-order chi connectivity index (χ1) is 12.0. The number of halogens is 4. The molecule has 0 amide bonds. The average Bonchev–Trinajstić information content (AvgIpc) is 3.02. The Morgan fingerprint density at radius 3 is 2.24 bits per heavy atom. The molecule has 130 valence electrons. The maximum Gasteiger partial charge on any atom is 0.135 e. The molecule has 1 aromatic heterocycles. The summed E-state index contributed by atoms with van der Waals surface area (Å²) in [6, 6.07) is 14.7. The van der Waals surface area contributed by atoms with Gasteiger partial charge in [0, 0.05) is 20.6 Å². The van der Waals surface area contributed by atoms with Crippen LogP contribution in [0.3, 0.4) is 0 Å². The number of benzene rings is 2. The van der Waals surface area contributed by atoms with Gasteiger partial charge in [-0.15, -0.1) is 0 Å². The number of hydrogen-bond acceptors (Lipinski definition) is 2. The van der Waals surface area contributed by atoms with E-state index in [0.29, 0.717) is 26.6 Å². The monoisotopic (exact) mass is 413 g/mol. The van der Waals surface area contributed by atoms with E-state index in [2.05, 4.69) is 5.32 Å². The molecule has 3 rings (SSSR count). The van der Waals surface area contributed by atoms with E-state index in [1.165, 1.54) is 0 Å². The van der Waals surface area contributed by atoms with Crippen LogP contribution >= 0.6 is 46.4 Å². The topological polar surface area (TPSA) is 25.2 Å². The van der Waals surface area contributed by atoms with Gasteiger partial charge in [0.05, 0.1) is 11.6 Å². The largest absolute Gasteiger partial charge is 0.460 e. The first kappa shape index (κ1) is 18.6. The van der Waals surface area contributed by atoms with Crippen molar-refractivity contribution in [3.05, 3.63) is 79.9 Å². The maximum atomic E-state index is 6.21. The molecular formula is C19H15Cl4NO. The fourth-order valence-corrected chi connectivity index (χ4v) is 3.47. The normalized spacial score (nSPS) is 11.0. The Labute approximate surface area is 166 Å². The van der Waals surface area contributed by atoms with Gasteiger partial charge in [-0.1, -0.05) is 52.5 Å². The van der Waals surface area contributed by atoms with E-state index < -0.39 is 0 Å².